The van der Waals surface area contributed by atoms with Gasteiger partial charge < -0.3 is 10.1 Å². The average molecular weight is 263 g/mol. The first-order valence-corrected chi connectivity index (χ1v) is 7.63. The first kappa shape index (κ1) is 13.5. The second-order valence-corrected chi connectivity index (χ2v) is 5.42. The van der Waals surface area contributed by atoms with Crippen LogP contribution in [-0.2, 0) is 4.74 Å². The van der Waals surface area contributed by atoms with E-state index < -0.39 is 0 Å². The number of likely N-dealkylation sites (N-methyl/N-ethyl adjacent to an activating group) is 1. The smallest absolute Gasteiger partial charge is 0.110 e. The van der Waals surface area contributed by atoms with Gasteiger partial charge in [0.25, 0.3) is 0 Å². The van der Waals surface area contributed by atoms with Crippen molar-refractivity contribution >= 4 is 11.8 Å². The summed E-state index contributed by atoms with van der Waals surface area (Å²) in [5.41, 5.74) is 0. The molecule has 0 spiro atoms. The zero-order valence-corrected chi connectivity index (χ0v) is 11.7. The summed E-state index contributed by atoms with van der Waals surface area (Å²) in [6.45, 7) is 3.98. The quantitative estimate of drug-likeness (QED) is 0.794. The zero-order chi connectivity index (χ0) is 12.6. The number of hydrogen-bond acceptors (Lipinski definition) is 3. The third-order valence-corrected chi connectivity index (χ3v) is 4.02. The number of rotatable bonds is 6. The van der Waals surface area contributed by atoms with Gasteiger partial charge in [-0.1, -0.05) is 25.1 Å². The molecular weight excluding hydrogens is 242 g/mol. The molecule has 98 valence electrons. The minimum atomic E-state index is 0.334. The molecule has 0 aromatic heterocycles. The maximum atomic E-state index is 5.77. The van der Waals surface area contributed by atoms with E-state index >= 15 is 0 Å². The Hall–Kier alpha value is -0.930. The largest absolute Gasteiger partial charge is 0.497 e. The van der Waals surface area contributed by atoms with Gasteiger partial charge in [-0.25, -0.2) is 0 Å². The normalized spacial score (nSPS) is 16.8. The number of ether oxygens (including phenoxy) is 1. The van der Waals surface area contributed by atoms with Crippen molar-refractivity contribution < 1.29 is 4.74 Å². The highest BCUT2D eigenvalue weighted by molar-refractivity contribution is 7.99. The first-order chi connectivity index (χ1) is 8.90. The van der Waals surface area contributed by atoms with Gasteiger partial charge in [0.2, 0.25) is 0 Å². The van der Waals surface area contributed by atoms with Gasteiger partial charge in [0.1, 0.15) is 5.76 Å². The van der Waals surface area contributed by atoms with Gasteiger partial charge in [-0.3, -0.25) is 0 Å². The van der Waals surface area contributed by atoms with Gasteiger partial charge in [0.05, 0.1) is 12.6 Å². The molecule has 0 aliphatic carbocycles. The fourth-order valence-corrected chi connectivity index (χ4v) is 2.99. The zero-order valence-electron chi connectivity index (χ0n) is 10.9. The molecule has 0 fully saturated rings. The molecule has 1 aliphatic heterocycles. The van der Waals surface area contributed by atoms with E-state index in [4.69, 9.17) is 4.74 Å². The maximum Gasteiger partial charge on any atom is 0.110 e. The molecule has 2 nitrogen and oxygen atoms in total. The molecule has 1 heterocycles. The van der Waals surface area contributed by atoms with Gasteiger partial charge in [0, 0.05) is 10.6 Å². The molecule has 1 N–H and O–H groups in total. The van der Waals surface area contributed by atoms with Crippen molar-refractivity contribution in [2.24, 2.45) is 0 Å². The summed E-state index contributed by atoms with van der Waals surface area (Å²) in [4.78, 5) is 1.32. The van der Waals surface area contributed by atoms with E-state index in [0.29, 0.717) is 6.04 Å². The predicted molar refractivity (Wildman–Crippen MR) is 77.9 cm³/mol. The van der Waals surface area contributed by atoms with Crippen LogP contribution in [0.25, 0.3) is 0 Å². The second-order valence-electron chi connectivity index (χ2n) is 4.33. The summed E-state index contributed by atoms with van der Waals surface area (Å²) in [6, 6.07) is 10.9. The Morgan fingerprint density at radius 2 is 2.17 bits per heavy atom. The van der Waals surface area contributed by atoms with Crippen molar-refractivity contribution in [3.05, 3.63) is 42.2 Å². The summed E-state index contributed by atoms with van der Waals surface area (Å²) in [6.07, 6.45) is 4.53. The number of allylic oxidation sites excluding steroid dienone is 1. The fourth-order valence-electron chi connectivity index (χ4n) is 2.00. The van der Waals surface area contributed by atoms with Crippen LogP contribution in [0.3, 0.4) is 0 Å². The lowest BCUT2D eigenvalue weighted by atomic mass is 10.1. The van der Waals surface area contributed by atoms with Crippen LogP contribution in [0.2, 0.25) is 0 Å². The number of hydrogen-bond donors (Lipinski definition) is 1. The van der Waals surface area contributed by atoms with Crippen LogP contribution in [-0.4, -0.2) is 24.9 Å². The highest BCUT2D eigenvalue weighted by atomic mass is 32.2. The monoisotopic (exact) mass is 263 g/mol. The highest BCUT2D eigenvalue weighted by Crippen LogP contribution is 2.22. The van der Waals surface area contributed by atoms with Crippen molar-refractivity contribution in [3.8, 4) is 0 Å². The van der Waals surface area contributed by atoms with Crippen LogP contribution >= 0.6 is 11.8 Å². The van der Waals surface area contributed by atoms with Crippen molar-refractivity contribution in [2.45, 2.75) is 30.7 Å². The summed E-state index contributed by atoms with van der Waals surface area (Å²) >= 11 is 1.88. The molecular formula is C15H21NOS. The van der Waals surface area contributed by atoms with Crippen molar-refractivity contribution in [2.75, 3.05) is 18.9 Å². The fraction of sp³-hybridized carbons (Fsp3) is 0.467. The van der Waals surface area contributed by atoms with Crippen LogP contribution in [0.15, 0.2) is 47.1 Å². The molecule has 0 bridgehead atoms. The standard InChI is InChI=1S/C15H21NOS/c1-2-16-14(15-10-6-7-11-17-15)12-18-13-8-4-3-5-9-13/h3-5,8-10,14,16H,2,6-7,11-12H2,1H3. The van der Waals surface area contributed by atoms with E-state index in [1.807, 2.05) is 11.8 Å². The molecule has 1 aromatic carbocycles. The number of nitrogens with one attached hydrogen (secondary N) is 1. The lowest BCUT2D eigenvalue weighted by molar-refractivity contribution is 0.172. The van der Waals surface area contributed by atoms with E-state index in [1.165, 1.54) is 4.90 Å². The second kappa shape index (κ2) is 7.49. The lowest BCUT2D eigenvalue weighted by Crippen LogP contribution is -2.34. The molecule has 1 atom stereocenters. The van der Waals surface area contributed by atoms with Crippen molar-refractivity contribution in [1.29, 1.82) is 0 Å². The Labute approximate surface area is 114 Å². The van der Waals surface area contributed by atoms with Crippen LogP contribution in [0.1, 0.15) is 19.8 Å². The Morgan fingerprint density at radius 3 is 2.83 bits per heavy atom. The predicted octanol–water partition coefficient (Wildman–Crippen LogP) is 3.45. The van der Waals surface area contributed by atoms with Gasteiger partial charge in [-0.05, 0) is 37.6 Å². The molecule has 0 saturated carbocycles. The van der Waals surface area contributed by atoms with Crippen molar-refractivity contribution in [3.63, 3.8) is 0 Å². The molecule has 1 aliphatic rings. The average Bonchev–Trinajstić information content (AvgIpc) is 2.45. The van der Waals surface area contributed by atoms with Gasteiger partial charge in [-0.2, -0.15) is 0 Å². The van der Waals surface area contributed by atoms with Gasteiger partial charge in [0.15, 0.2) is 0 Å². The molecule has 0 amide bonds. The van der Waals surface area contributed by atoms with E-state index in [1.54, 1.807) is 0 Å². The molecule has 0 radical (unpaired) electrons. The first-order valence-electron chi connectivity index (χ1n) is 6.64. The third-order valence-electron chi connectivity index (χ3n) is 2.92. The SMILES string of the molecule is CCNC(CSc1ccccc1)C1=CCCCO1. The van der Waals surface area contributed by atoms with Crippen LogP contribution in [0, 0.1) is 0 Å². The van der Waals surface area contributed by atoms with E-state index in [9.17, 15) is 0 Å². The summed E-state index contributed by atoms with van der Waals surface area (Å²) < 4.78 is 5.77. The lowest BCUT2D eigenvalue weighted by Gasteiger charge is -2.24. The summed E-state index contributed by atoms with van der Waals surface area (Å²) in [5, 5.41) is 3.51. The summed E-state index contributed by atoms with van der Waals surface area (Å²) in [7, 11) is 0. The van der Waals surface area contributed by atoms with Crippen LogP contribution in [0.4, 0.5) is 0 Å². The number of thioether (sulfide) groups is 1. The molecule has 2 rings (SSSR count). The summed E-state index contributed by atoms with van der Waals surface area (Å²) in [5.74, 6) is 2.15. The van der Waals surface area contributed by atoms with Crippen LogP contribution < -0.4 is 5.32 Å². The minimum absolute atomic E-state index is 0.334. The molecule has 1 aromatic rings. The van der Waals surface area contributed by atoms with Gasteiger partial charge in [-0.15, -0.1) is 11.8 Å². The molecule has 18 heavy (non-hydrogen) atoms. The highest BCUT2D eigenvalue weighted by Gasteiger charge is 2.17. The van der Waals surface area contributed by atoms with Crippen LogP contribution in [0.5, 0.6) is 0 Å². The Kier molecular flexibility index (Phi) is 5.62. The van der Waals surface area contributed by atoms with E-state index in [0.717, 1.165) is 37.5 Å². The number of benzene rings is 1. The Bertz CT molecular complexity index is 377. The van der Waals surface area contributed by atoms with E-state index in [2.05, 4.69) is 48.6 Å². The third kappa shape index (κ3) is 4.07. The Morgan fingerprint density at radius 1 is 1.33 bits per heavy atom. The van der Waals surface area contributed by atoms with Crippen molar-refractivity contribution in [1.82, 2.24) is 5.32 Å². The molecule has 0 saturated heterocycles. The molecule has 1 unspecified atom stereocenters. The van der Waals surface area contributed by atoms with Gasteiger partial charge >= 0.3 is 0 Å². The Balaban J connectivity index is 1.91. The molecule has 3 heteroatoms. The van der Waals surface area contributed by atoms with E-state index in [-0.39, 0.29) is 0 Å². The minimum Gasteiger partial charge on any atom is -0.497 e. The maximum absolute atomic E-state index is 5.77. The topological polar surface area (TPSA) is 21.3 Å².